The summed E-state index contributed by atoms with van der Waals surface area (Å²) in [6, 6.07) is 7.59. The van der Waals surface area contributed by atoms with Gasteiger partial charge in [-0.05, 0) is 17.7 Å². The highest BCUT2D eigenvalue weighted by atomic mass is 16.4. The van der Waals surface area contributed by atoms with Crippen LogP contribution in [0.15, 0.2) is 36.7 Å². The lowest BCUT2D eigenvalue weighted by atomic mass is 10.1. The summed E-state index contributed by atoms with van der Waals surface area (Å²) in [6.07, 6.45) is 4.27. The lowest BCUT2D eigenvalue weighted by Crippen LogP contribution is -2.08. The molecule has 1 aromatic heterocycles. The van der Waals surface area contributed by atoms with Crippen molar-refractivity contribution in [2.24, 2.45) is 0 Å². The molecule has 0 radical (unpaired) electrons. The molecule has 18 heavy (non-hydrogen) atoms. The molecule has 0 spiro atoms. The van der Waals surface area contributed by atoms with Crippen LogP contribution in [-0.4, -0.2) is 20.6 Å². The molecule has 94 valence electrons. The van der Waals surface area contributed by atoms with Gasteiger partial charge in [0.1, 0.15) is 5.82 Å². The zero-order valence-corrected chi connectivity index (χ0v) is 9.91. The van der Waals surface area contributed by atoms with Crippen molar-refractivity contribution >= 4 is 11.7 Å². The van der Waals surface area contributed by atoms with Gasteiger partial charge in [0.05, 0.1) is 6.42 Å². The lowest BCUT2D eigenvalue weighted by molar-refractivity contribution is -0.137. The van der Waals surface area contributed by atoms with Gasteiger partial charge in [-0.3, -0.25) is 4.79 Å². The van der Waals surface area contributed by atoms with Gasteiger partial charge < -0.3 is 15.4 Å². The van der Waals surface area contributed by atoms with E-state index < -0.39 is 5.97 Å². The fourth-order valence-corrected chi connectivity index (χ4v) is 1.74. The van der Waals surface area contributed by atoms with Gasteiger partial charge in [-0.1, -0.05) is 12.1 Å². The van der Waals surface area contributed by atoms with Crippen LogP contribution in [0.5, 0.6) is 0 Å². The number of carboxylic acid groups (broad SMARTS) is 1. The van der Waals surface area contributed by atoms with Crippen LogP contribution in [0.4, 0.5) is 5.69 Å². The normalized spacial score (nSPS) is 10.4. The molecule has 0 amide bonds. The number of hydrogen-bond acceptors (Lipinski definition) is 3. The summed E-state index contributed by atoms with van der Waals surface area (Å²) in [7, 11) is 0. The van der Waals surface area contributed by atoms with E-state index in [1.54, 1.807) is 12.4 Å². The minimum absolute atomic E-state index is 0.102. The molecule has 0 saturated carbocycles. The first-order valence-corrected chi connectivity index (χ1v) is 5.71. The predicted octanol–water partition coefficient (Wildman–Crippen LogP) is 1.53. The second-order valence-electron chi connectivity index (χ2n) is 4.10. The number of nitrogens with zero attached hydrogens (tertiary/aromatic N) is 2. The molecular weight excluding hydrogens is 230 g/mol. The van der Waals surface area contributed by atoms with Crippen LogP contribution in [0.25, 0.3) is 0 Å². The van der Waals surface area contributed by atoms with Gasteiger partial charge in [-0.25, -0.2) is 4.98 Å². The molecule has 0 atom stereocenters. The Hall–Kier alpha value is -2.30. The van der Waals surface area contributed by atoms with Crippen LogP contribution >= 0.6 is 0 Å². The topological polar surface area (TPSA) is 81.1 Å². The minimum atomic E-state index is -0.804. The van der Waals surface area contributed by atoms with Gasteiger partial charge >= 0.3 is 5.97 Å². The van der Waals surface area contributed by atoms with Gasteiger partial charge in [0.25, 0.3) is 0 Å². The molecule has 0 bridgehead atoms. The summed E-state index contributed by atoms with van der Waals surface area (Å²) < 4.78 is 1.87. The number of nitrogens with two attached hydrogens (primary N) is 1. The van der Waals surface area contributed by atoms with Crippen LogP contribution < -0.4 is 5.73 Å². The molecule has 2 rings (SSSR count). The Morgan fingerprint density at radius 1 is 1.33 bits per heavy atom. The quantitative estimate of drug-likeness (QED) is 0.783. The number of nitrogen functional groups attached to an aromatic ring is 1. The standard InChI is InChI=1S/C13H15N3O2/c14-11-3-1-10(2-4-11)9-12-15-6-8-16(12)7-5-13(17)18/h1-4,6,8H,5,7,9,14H2,(H,17,18). The van der Waals surface area contributed by atoms with Crippen molar-refractivity contribution in [3.63, 3.8) is 0 Å². The van der Waals surface area contributed by atoms with E-state index in [2.05, 4.69) is 4.98 Å². The fraction of sp³-hybridized carbons (Fsp3) is 0.231. The maximum atomic E-state index is 10.6. The van der Waals surface area contributed by atoms with Crippen molar-refractivity contribution in [2.75, 3.05) is 5.73 Å². The van der Waals surface area contributed by atoms with Crippen LogP contribution in [0.2, 0.25) is 0 Å². The zero-order chi connectivity index (χ0) is 13.0. The van der Waals surface area contributed by atoms with Crippen LogP contribution in [0.1, 0.15) is 17.8 Å². The Labute approximate surface area is 105 Å². The van der Waals surface area contributed by atoms with E-state index in [9.17, 15) is 4.79 Å². The number of benzene rings is 1. The molecule has 5 heteroatoms. The highest BCUT2D eigenvalue weighted by molar-refractivity contribution is 5.66. The Kier molecular flexibility index (Phi) is 3.62. The van der Waals surface area contributed by atoms with Crippen molar-refractivity contribution in [3.8, 4) is 0 Å². The molecule has 0 fully saturated rings. The Balaban J connectivity index is 2.07. The Bertz CT molecular complexity index is 531. The van der Waals surface area contributed by atoms with E-state index in [0.717, 1.165) is 17.1 Å². The van der Waals surface area contributed by atoms with E-state index in [-0.39, 0.29) is 6.42 Å². The van der Waals surface area contributed by atoms with Crippen LogP contribution in [-0.2, 0) is 17.8 Å². The number of anilines is 1. The third-order valence-corrected chi connectivity index (χ3v) is 2.71. The molecule has 0 saturated heterocycles. The van der Waals surface area contributed by atoms with E-state index in [4.69, 9.17) is 10.8 Å². The highest BCUT2D eigenvalue weighted by Crippen LogP contribution is 2.11. The molecule has 3 N–H and O–H groups in total. The van der Waals surface area contributed by atoms with Crippen molar-refractivity contribution in [1.29, 1.82) is 0 Å². The fourth-order valence-electron chi connectivity index (χ4n) is 1.74. The Morgan fingerprint density at radius 3 is 2.72 bits per heavy atom. The molecule has 0 aliphatic rings. The molecular formula is C13H15N3O2. The largest absolute Gasteiger partial charge is 0.481 e. The van der Waals surface area contributed by atoms with Crippen LogP contribution in [0.3, 0.4) is 0 Å². The number of hydrogen-bond donors (Lipinski definition) is 2. The Morgan fingerprint density at radius 2 is 2.06 bits per heavy atom. The van der Waals surface area contributed by atoms with Crippen molar-refractivity contribution in [1.82, 2.24) is 9.55 Å². The highest BCUT2D eigenvalue weighted by Gasteiger charge is 2.05. The molecule has 1 aromatic carbocycles. The third kappa shape index (κ3) is 3.10. The number of carbonyl (C=O) groups is 1. The van der Waals surface area contributed by atoms with E-state index in [1.165, 1.54) is 0 Å². The molecule has 2 aromatic rings. The van der Waals surface area contributed by atoms with E-state index in [0.29, 0.717) is 13.0 Å². The van der Waals surface area contributed by atoms with E-state index >= 15 is 0 Å². The molecule has 0 aliphatic heterocycles. The smallest absolute Gasteiger partial charge is 0.305 e. The number of rotatable bonds is 5. The summed E-state index contributed by atoms with van der Waals surface area (Å²) in [4.78, 5) is 14.8. The number of aryl methyl sites for hydroxylation is 1. The predicted molar refractivity (Wildman–Crippen MR) is 68.1 cm³/mol. The minimum Gasteiger partial charge on any atom is -0.481 e. The maximum Gasteiger partial charge on any atom is 0.305 e. The summed E-state index contributed by atoms with van der Waals surface area (Å²) >= 11 is 0. The van der Waals surface area contributed by atoms with Crippen molar-refractivity contribution in [2.45, 2.75) is 19.4 Å². The van der Waals surface area contributed by atoms with Gasteiger partial charge in [0, 0.05) is 31.0 Å². The third-order valence-electron chi connectivity index (χ3n) is 2.71. The average molecular weight is 245 g/mol. The molecule has 0 unspecified atom stereocenters. The van der Waals surface area contributed by atoms with E-state index in [1.807, 2.05) is 28.8 Å². The number of carboxylic acids is 1. The summed E-state index contributed by atoms with van der Waals surface area (Å²) in [5.74, 6) is 0.0585. The zero-order valence-electron chi connectivity index (χ0n) is 9.91. The van der Waals surface area contributed by atoms with Gasteiger partial charge in [-0.15, -0.1) is 0 Å². The SMILES string of the molecule is Nc1ccc(Cc2nccn2CCC(=O)O)cc1. The van der Waals surface area contributed by atoms with Crippen molar-refractivity contribution in [3.05, 3.63) is 48.0 Å². The second kappa shape index (κ2) is 5.35. The van der Waals surface area contributed by atoms with Gasteiger partial charge in [0.2, 0.25) is 0 Å². The molecule has 5 nitrogen and oxygen atoms in total. The average Bonchev–Trinajstić information content (AvgIpc) is 2.77. The number of imidazole rings is 1. The number of aromatic nitrogens is 2. The second-order valence-corrected chi connectivity index (χ2v) is 4.10. The molecule has 1 heterocycles. The first-order valence-electron chi connectivity index (χ1n) is 5.71. The monoisotopic (exact) mass is 245 g/mol. The summed E-state index contributed by atoms with van der Waals surface area (Å²) in [5, 5.41) is 8.68. The van der Waals surface area contributed by atoms with Gasteiger partial charge in [0.15, 0.2) is 0 Å². The summed E-state index contributed by atoms with van der Waals surface area (Å²) in [6.45, 7) is 0.444. The maximum absolute atomic E-state index is 10.6. The summed E-state index contributed by atoms with van der Waals surface area (Å²) in [5.41, 5.74) is 7.46. The van der Waals surface area contributed by atoms with Crippen LogP contribution in [0, 0.1) is 0 Å². The first kappa shape index (κ1) is 12.2. The van der Waals surface area contributed by atoms with Gasteiger partial charge in [-0.2, -0.15) is 0 Å². The lowest BCUT2D eigenvalue weighted by Gasteiger charge is -2.06. The molecule has 0 aliphatic carbocycles. The van der Waals surface area contributed by atoms with Crippen molar-refractivity contribution < 1.29 is 9.90 Å². The first-order chi connectivity index (χ1) is 8.65. The number of aliphatic carboxylic acids is 1.